The first-order chi connectivity index (χ1) is 13.1. The Kier molecular flexibility index (Phi) is 6.26. The van der Waals surface area contributed by atoms with Gasteiger partial charge in [0.25, 0.3) is 0 Å². The zero-order valence-electron chi connectivity index (χ0n) is 16.0. The van der Waals surface area contributed by atoms with Crippen molar-refractivity contribution in [2.24, 2.45) is 5.41 Å². The first-order valence-electron chi connectivity index (χ1n) is 9.59. The van der Waals surface area contributed by atoms with Crippen molar-refractivity contribution in [2.75, 3.05) is 26.8 Å². The van der Waals surface area contributed by atoms with Gasteiger partial charge >= 0.3 is 5.97 Å². The molecule has 0 radical (unpaired) electrons. The van der Waals surface area contributed by atoms with Gasteiger partial charge < -0.3 is 14.8 Å². The summed E-state index contributed by atoms with van der Waals surface area (Å²) in [4.78, 5) is 16.7. The van der Waals surface area contributed by atoms with Gasteiger partial charge in [0.1, 0.15) is 11.6 Å². The van der Waals surface area contributed by atoms with Crippen molar-refractivity contribution in [1.82, 2.24) is 10.3 Å². The number of piperidine rings is 1. The zero-order valence-corrected chi connectivity index (χ0v) is 16.0. The standard InChI is InChI=1S/C21H27FN2O3/c1-3-27-20(25)21(9-11-23-12-10-21)8-4-5-16-17-13-15(26-2)6-7-19(17)24-14-18(16)22/h6-7,13-14,23H,3-5,8-12H2,1-2H3. The maximum absolute atomic E-state index is 14.5. The zero-order chi connectivity index (χ0) is 19.3. The van der Waals surface area contributed by atoms with Gasteiger partial charge in [-0.1, -0.05) is 0 Å². The Labute approximate surface area is 159 Å². The van der Waals surface area contributed by atoms with Gasteiger partial charge in [-0.05, 0) is 75.9 Å². The number of pyridine rings is 1. The fraction of sp³-hybridized carbons (Fsp3) is 0.524. The number of aryl methyl sites for hydroxylation is 1. The molecule has 1 aromatic heterocycles. The summed E-state index contributed by atoms with van der Waals surface area (Å²) in [6.45, 7) is 3.83. The second-order valence-corrected chi connectivity index (χ2v) is 7.07. The van der Waals surface area contributed by atoms with Gasteiger partial charge in [-0.15, -0.1) is 0 Å². The van der Waals surface area contributed by atoms with Gasteiger partial charge in [-0.25, -0.2) is 4.39 Å². The summed E-state index contributed by atoms with van der Waals surface area (Å²) in [5.74, 6) is 0.247. The molecule has 1 aliphatic heterocycles. The van der Waals surface area contributed by atoms with E-state index >= 15 is 0 Å². The fourth-order valence-electron chi connectivity index (χ4n) is 3.93. The van der Waals surface area contributed by atoms with Gasteiger partial charge in [0.2, 0.25) is 0 Å². The van der Waals surface area contributed by atoms with Gasteiger partial charge in [-0.2, -0.15) is 0 Å². The smallest absolute Gasteiger partial charge is 0.312 e. The van der Waals surface area contributed by atoms with Crippen LogP contribution in [0.5, 0.6) is 5.75 Å². The lowest BCUT2D eigenvalue weighted by Gasteiger charge is -2.35. The first kappa shape index (κ1) is 19.5. The summed E-state index contributed by atoms with van der Waals surface area (Å²) < 4.78 is 25.1. The van der Waals surface area contributed by atoms with Crippen molar-refractivity contribution in [1.29, 1.82) is 0 Å². The van der Waals surface area contributed by atoms with Crippen molar-refractivity contribution in [3.8, 4) is 5.75 Å². The molecule has 1 fully saturated rings. The summed E-state index contributed by atoms with van der Waals surface area (Å²) in [6.07, 6.45) is 4.76. The molecule has 0 aliphatic carbocycles. The maximum atomic E-state index is 14.5. The van der Waals surface area contributed by atoms with Gasteiger partial charge in [0.15, 0.2) is 0 Å². The van der Waals surface area contributed by atoms with Crippen LogP contribution in [0.4, 0.5) is 4.39 Å². The van der Waals surface area contributed by atoms with Crippen LogP contribution in [0.15, 0.2) is 24.4 Å². The number of nitrogens with zero attached hydrogens (tertiary/aromatic N) is 1. The lowest BCUT2D eigenvalue weighted by atomic mass is 9.74. The molecule has 0 amide bonds. The lowest BCUT2D eigenvalue weighted by molar-refractivity contribution is -0.157. The third-order valence-electron chi connectivity index (χ3n) is 5.49. The molecule has 0 saturated carbocycles. The molecule has 146 valence electrons. The van der Waals surface area contributed by atoms with Crippen LogP contribution in [0.1, 0.15) is 38.2 Å². The molecule has 1 aliphatic rings. The van der Waals surface area contributed by atoms with Crippen LogP contribution in [-0.4, -0.2) is 37.8 Å². The maximum Gasteiger partial charge on any atom is 0.312 e. The minimum Gasteiger partial charge on any atom is -0.497 e. The molecule has 2 aromatic rings. The summed E-state index contributed by atoms with van der Waals surface area (Å²) in [6, 6.07) is 5.48. The quantitative estimate of drug-likeness (QED) is 0.750. The Morgan fingerprint density at radius 2 is 2.11 bits per heavy atom. The molecular weight excluding hydrogens is 347 g/mol. The highest BCUT2D eigenvalue weighted by Gasteiger charge is 2.40. The van der Waals surface area contributed by atoms with E-state index < -0.39 is 5.41 Å². The third kappa shape index (κ3) is 4.21. The molecule has 3 rings (SSSR count). The van der Waals surface area contributed by atoms with Gasteiger partial charge in [0.05, 0.1) is 30.8 Å². The average Bonchev–Trinajstić information content (AvgIpc) is 2.70. The highest BCUT2D eigenvalue weighted by Crippen LogP contribution is 2.36. The molecule has 0 spiro atoms. The Morgan fingerprint density at radius 1 is 1.33 bits per heavy atom. The number of methoxy groups -OCH3 is 1. The first-order valence-corrected chi connectivity index (χ1v) is 9.59. The summed E-state index contributed by atoms with van der Waals surface area (Å²) in [7, 11) is 1.59. The monoisotopic (exact) mass is 374 g/mol. The number of aromatic nitrogens is 1. The Hall–Kier alpha value is -2.21. The van der Waals surface area contributed by atoms with E-state index in [1.54, 1.807) is 7.11 Å². The van der Waals surface area contributed by atoms with E-state index in [1.165, 1.54) is 6.20 Å². The van der Waals surface area contributed by atoms with E-state index in [-0.39, 0.29) is 11.8 Å². The highest BCUT2D eigenvalue weighted by atomic mass is 19.1. The van der Waals surface area contributed by atoms with Crippen LogP contribution >= 0.6 is 0 Å². The van der Waals surface area contributed by atoms with Crippen LogP contribution in [0, 0.1) is 11.2 Å². The Morgan fingerprint density at radius 3 is 2.81 bits per heavy atom. The molecule has 27 heavy (non-hydrogen) atoms. The molecule has 1 N–H and O–H groups in total. The van der Waals surface area contributed by atoms with Crippen LogP contribution in [0.25, 0.3) is 10.9 Å². The number of rotatable bonds is 7. The van der Waals surface area contributed by atoms with Crippen molar-refractivity contribution < 1.29 is 18.7 Å². The molecule has 0 bridgehead atoms. The highest BCUT2D eigenvalue weighted by molar-refractivity contribution is 5.83. The molecule has 5 nitrogen and oxygen atoms in total. The molecule has 0 unspecified atom stereocenters. The number of fused-ring (bicyclic) bond motifs is 1. The number of carbonyl (C=O) groups is 1. The summed E-state index contributed by atoms with van der Waals surface area (Å²) in [5, 5.41) is 4.07. The molecular formula is C21H27FN2O3. The van der Waals surface area contributed by atoms with Crippen molar-refractivity contribution in [3.05, 3.63) is 35.8 Å². The van der Waals surface area contributed by atoms with Crippen LogP contribution in [0.3, 0.4) is 0 Å². The van der Waals surface area contributed by atoms with E-state index in [1.807, 2.05) is 25.1 Å². The van der Waals surface area contributed by atoms with Crippen LogP contribution in [-0.2, 0) is 16.0 Å². The van der Waals surface area contributed by atoms with Gasteiger partial charge in [0, 0.05) is 5.39 Å². The Bertz CT molecular complexity index is 803. The summed E-state index contributed by atoms with van der Waals surface area (Å²) in [5.41, 5.74) is 0.916. The number of esters is 1. The van der Waals surface area contributed by atoms with E-state index in [9.17, 15) is 9.18 Å². The largest absolute Gasteiger partial charge is 0.497 e. The number of benzene rings is 1. The number of carbonyl (C=O) groups excluding carboxylic acids is 1. The van der Waals surface area contributed by atoms with E-state index in [0.717, 1.165) is 36.8 Å². The van der Waals surface area contributed by atoms with E-state index in [0.29, 0.717) is 37.2 Å². The predicted molar refractivity (Wildman–Crippen MR) is 102 cm³/mol. The number of hydrogen-bond acceptors (Lipinski definition) is 5. The van der Waals surface area contributed by atoms with E-state index in [4.69, 9.17) is 9.47 Å². The molecule has 1 aromatic carbocycles. The minimum atomic E-state index is -0.460. The second kappa shape index (κ2) is 8.65. The normalized spacial score (nSPS) is 16.3. The second-order valence-electron chi connectivity index (χ2n) is 7.07. The van der Waals surface area contributed by atoms with Crippen LogP contribution in [0.2, 0.25) is 0 Å². The molecule has 0 atom stereocenters. The molecule has 6 heteroatoms. The SMILES string of the molecule is CCOC(=O)C1(CCCc2c(F)cnc3ccc(OC)cc23)CCNCC1. The van der Waals surface area contributed by atoms with Crippen molar-refractivity contribution >= 4 is 16.9 Å². The molecule has 1 saturated heterocycles. The predicted octanol–water partition coefficient (Wildman–Crippen LogP) is 3.64. The number of hydrogen-bond donors (Lipinski definition) is 1. The molecule has 2 heterocycles. The number of halogens is 1. The average molecular weight is 374 g/mol. The van der Waals surface area contributed by atoms with E-state index in [2.05, 4.69) is 10.3 Å². The summed E-state index contributed by atoms with van der Waals surface area (Å²) >= 11 is 0. The fourth-order valence-corrected chi connectivity index (χ4v) is 3.93. The van der Waals surface area contributed by atoms with Crippen molar-refractivity contribution in [3.63, 3.8) is 0 Å². The van der Waals surface area contributed by atoms with Crippen molar-refractivity contribution in [2.45, 2.75) is 39.0 Å². The Balaban J connectivity index is 1.79. The number of nitrogens with one attached hydrogen (secondary N) is 1. The number of ether oxygens (including phenoxy) is 2. The minimum absolute atomic E-state index is 0.117. The lowest BCUT2D eigenvalue weighted by Crippen LogP contribution is -2.43. The third-order valence-corrected chi connectivity index (χ3v) is 5.49. The topological polar surface area (TPSA) is 60.5 Å². The van der Waals surface area contributed by atoms with Crippen LogP contribution < -0.4 is 10.1 Å². The van der Waals surface area contributed by atoms with Gasteiger partial charge in [-0.3, -0.25) is 9.78 Å².